The number of aromatic nitrogens is 1. The largest absolute Gasteiger partial charge is 0.353 e. The Kier molecular flexibility index (Phi) is 7.24. The number of rotatable bonds is 5. The van der Waals surface area contributed by atoms with Crippen molar-refractivity contribution in [3.8, 4) is 0 Å². The first kappa shape index (κ1) is 24.0. The number of carbonyl (C=O) groups excluding carboxylic acids is 2. The number of pyridine rings is 1. The van der Waals surface area contributed by atoms with Gasteiger partial charge < -0.3 is 15.1 Å². The lowest BCUT2D eigenvalue weighted by atomic mass is 9.95. The highest BCUT2D eigenvalue weighted by Gasteiger charge is 2.45. The minimum Gasteiger partial charge on any atom is -0.353 e. The summed E-state index contributed by atoms with van der Waals surface area (Å²) >= 11 is 0. The van der Waals surface area contributed by atoms with Gasteiger partial charge in [0.15, 0.2) is 0 Å². The Morgan fingerprint density at radius 3 is 2.58 bits per heavy atom. The molecule has 3 saturated heterocycles. The van der Waals surface area contributed by atoms with Gasteiger partial charge in [-0.05, 0) is 37.4 Å². The average Bonchev–Trinajstić information content (AvgIpc) is 3.15. The molecule has 33 heavy (non-hydrogen) atoms. The number of hydrogen-bond acceptors (Lipinski definition) is 6. The molecule has 1 aromatic rings. The highest BCUT2D eigenvalue weighted by Crippen LogP contribution is 2.30. The summed E-state index contributed by atoms with van der Waals surface area (Å²) < 4.78 is 0. The van der Waals surface area contributed by atoms with Crippen LogP contribution in [0.15, 0.2) is 24.4 Å². The lowest BCUT2D eigenvalue weighted by molar-refractivity contribution is -0.132. The maximum atomic E-state index is 13.0. The monoisotopic (exact) mass is 456 g/mol. The molecule has 182 valence electrons. The van der Waals surface area contributed by atoms with Crippen molar-refractivity contribution in [1.29, 1.82) is 0 Å². The van der Waals surface area contributed by atoms with Gasteiger partial charge in [-0.25, -0.2) is 4.98 Å². The topological polar surface area (TPSA) is 72.0 Å². The maximum absolute atomic E-state index is 13.0. The molecule has 2 amide bonds. The van der Waals surface area contributed by atoms with Gasteiger partial charge in [0.05, 0.1) is 0 Å². The number of piperazine rings is 1. The van der Waals surface area contributed by atoms with Gasteiger partial charge in [-0.1, -0.05) is 26.8 Å². The van der Waals surface area contributed by atoms with E-state index in [4.69, 9.17) is 0 Å². The van der Waals surface area contributed by atoms with Crippen molar-refractivity contribution in [1.82, 2.24) is 25.0 Å². The fourth-order valence-corrected chi connectivity index (χ4v) is 5.61. The van der Waals surface area contributed by atoms with Gasteiger partial charge in [-0.3, -0.25) is 19.4 Å². The highest BCUT2D eigenvalue weighted by molar-refractivity contribution is 5.83. The van der Waals surface area contributed by atoms with Gasteiger partial charge >= 0.3 is 0 Å². The fraction of sp³-hybridized carbons (Fsp3) is 0.720. The van der Waals surface area contributed by atoms with E-state index >= 15 is 0 Å². The van der Waals surface area contributed by atoms with Crippen LogP contribution in [-0.2, 0) is 9.59 Å². The molecule has 8 heteroatoms. The second-order valence-corrected chi connectivity index (χ2v) is 11.0. The van der Waals surface area contributed by atoms with Crippen LogP contribution < -0.4 is 10.2 Å². The molecule has 3 aliphatic rings. The van der Waals surface area contributed by atoms with Crippen molar-refractivity contribution in [2.75, 3.05) is 57.8 Å². The van der Waals surface area contributed by atoms with Crippen LogP contribution in [0.5, 0.6) is 0 Å². The Hall–Kier alpha value is -2.19. The van der Waals surface area contributed by atoms with Crippen LogP contribution in [0.1, 0.15) is 40.0 Å². The summed E-state index contributed by atoms with van der Waals surface area (Å²) in [6, 6.07) is 6.27. The number of carbonyl (C=O) groups is 2. The van der Waals surface area contributed by atoms with Crippen LogP contribution >= 0.6 is 0 Å². The zero-order chi connectivity index (χ0) is 23.6. The highest BCUT2D eigenvalue weighted by atomic mass is 16.2. The summed E-state index contributed by atoms with van der Waals surface area (Å²) in [4.78, 5) is 39.3. The number of likely N-dealkylation sites (N-methyl/N-ethyl adjacent to an activating group) is 1. The molecule has 3 fully saturated rings. The molecule has 0 aromatic carbocycles. The zero-order valence-corrected chi connectivity index (χ0v) is 20.7. The molecule has 0 spiro atoms. The van der Waals surface area contributed by atoms with Crippen molar-refractivity contribution < 1.29 is 9.59 Å². The first-order chi connectivity index (χ1) is 15.7. The molecule has 1 aromatic heterocycles. The summed E-state index contributed by atoms with van der Waals surface area (Å²) in [5.41, 5.74) is 0.159. The Bertz CT molecular complexity index is 818. The second-order valence-electron chi connectivity index (χ2n) is 11.0. The van der Waals surface area contributed by atoms with Crippen LogP contribution in [0, 0.1) is 5.41 Å². The number of amides is 2. The lowest BCUT2D eigenvalue weighted by Gasteiger charge is -2.36. The minimum atomic E-state index is -0.0883. The summed E-state index contributed by atoms with van der Waals surface area (Å²) in [5, 5.41) is 3.18. The average molecular weight is 457 g/mol. The molecule has 3 aliphatic heterocycles. The van der Waals surface area contributed by atoms with Crippen molar-refractivity contribution in [3.05, 3.63) is 24.4 Å². The van der Waals surface area contributed by atoms with E-state index in [0.717, 1.165) is 57.9 Å². The standard InChI is InChI=1S/C25H40N6O2/c1-25(2,3)18-31-12-10-20-23(31)24(33)27-17-19(28(20)4)8-9-22(32)30-15-13-29(14-16-30)21-7-5-6-11-26-21/h5-7,11,19-20,23H,8-10,12-18H2,1-4H3,(H,27,33)/t19-,20+,23-/m0/s1. The Labute approximate surface area is 198 Å². The van der Waals surface area contributed by atoms with E-state index in [1.54, 1.807) is 0 Å². The van der Waals surface area contributed by atoms with E-state index < -0.39 is 0 Å². The molecule has 8 nitrogen and oxygen atoms in total. The van der Waals surface area contributed by atoms with Crippen molar-refractivity contribution >= 4 is 17.6 Å². The third kappa shape index (κ3) is 5.66. The van der Waals surface area contributed by atoms with E-state index in [9.17, 15) is 9.59 Å². The number of nitrogens with zero attached hydrogens (tertiary/aromatic N) is 5. The normalized spacial score (nSPS) is 27.3. The van der Waals surface area contributed by atoms with Crippen LogP contribution in [-0.4, -0.2) is 102 Å². The number of fused-ring (bicyclic) bond motifs is 1. The number of anilines is 1. The third-order valence-electron chi connectivity index (χ3n) is 7.32. The van der Waals surface area contributed by atoms with Crippen LogP contribution in [0.4, 0.5) is 5.82 Å². The maximum Gasteiger partial charge on any atom is 0.239 e. The molecule has 4 heterocycles. The van der Waals surface area contributed by atoms with E-state index in [2.05, 4.69) is 52.8 Å². The summed E-state index contributed by atoms with van der Waals surface area (Å²) in [5.74, 6) is 1.34. The van der Waals surface area contributed by atoms with Gasteiger partial charge in [-0.2, -0.15) is 0 Å². The van der Waals surface area contributed by atoms with Crippen LogP contribution in [0.25, 0.3) is 0 Å². The lowest BCUT2D eigenvalue weighted by Crippen LogP contribution is -2.51. The minimum absolute atomic E-state index is 0.0883. The Morgan fingerprint density at radius 2 is 1.91 bits per heavy atom. The van der Waals surface area contributed by atoms with Gasteiger partial charge in [-0.15, -0.1) is 0 Å². The molecule has 4 rings (SSSR count). The zero-order valence-electron chi connectivity index (χ0n) is 20.7. The molecular weight excluding hydrogens is 416 g/mol. The van der Waals surface area contributed by atoms with Gasteiger partial charge in [0, 0.05) is 70.5 Å². The predicted octanol–water partition coefficient (Wildman–Crippen LogP) is 1.43. The smallest absolute Gasteiger partial charge is 0.239 e. The summed E-state index contributed by atoms with van der Waals surface area (Å²) in [7, 11) is 2.14. The first-order valence-corrected chi connectivity index (χ1v) is 12.4. The molecule has 0 bridgehead atoms. The fourth-order valence-electron chi connectivity index (χ4n) is 5.61. The molecular formula is C25H40N6O2. The van der Waals surface area contributed by atoms with E-state index in [1.807, 2.05) is 29.3 Å². The number of likely N-dealkylation sites (tertiary alicyclic amines) is 1. The van der Waals surface area contributed by atoms with Gasteiger partial charge in [0.1, 0.15) is 11.9 Å². The van der Waals surface area contributed by atoms with E-state index in [0.29, 0.717) is 13.0 Å². The van der Waals surface area contributed by atoms with Gasteiger partial charge in [0.2, 0.25) is 11.8 Å². The third-order valence-corrected chi connectivity index (χ3v) is 7.32. The van der Waals surface area contributed by atoms with Crippen molar-refractivity contribution in [2.24, 2.45) is 5.41 Å². The van der Waals surface area contributed by atoms with Gasteiger partial charge in [0.25, 0.3) is 0 Å². The van der Waals surface area contributed by atoms with Crippen LogP contribution in [0.3, 0.4) is 0 Å². The number of hydrogen-bond donors (Lipinski definition) is 1. The SMILES string of the molecule is CN1[C@@H](CCC(=O)N2CCN(c3ccccn3)CC2)CNC(=O)[C@@H]2[C@H]1CCN2CC(C)(C)C. The second kappa shape index (κ2) is 9.97. The molecule has 0 saturated carbocycles. The Morgan fingerprint density at radius 1 is 1.15 bits per heavy atom. The quantitative estimate of drug-likeness (QED) is 0.723. The van der Waals surface area contributed by atoms with E-state index in [1.165, 1.54) is 0 Å². The summed E-state index contributed by atoms with van der Waals surface area (Å²) in [6.07, 6.45) is 4.12. The van der Waals surface area contributed by atoms with Crippen LogP contribution in [0.2, 0.25) is 0 Å². The van der Waals surface area contributed by atoms with E-state index in [-0.39, 0.29) is 35.4 Å². The molecule has 1 N–H and O–H groups in total. The first-order valence-electron chi connectivity index (χ1n) is 12.4. The molecule has 0 radical (unpaired) electrons. The van der Waals surface area contributed by atoms with Crippen molar-refractivity contribution in [3.63, 3.8) is 0 Å². The Balaban J connectivity index is 1.29. The molecule has 0 unspecified atom stereocenters. The molecule has 3 atom stereocenters. The summed E-state index contributed by atoms with van der Waals surface area (Å²) in [6.45, 7) is 12.3. The van der Waals surface area contributed by atoms with Crippen molar-refractivity contribution in [2.45, 2.75) is 58.2 Å². The molecule has 0 aliphatic carbocycles. The predicted molar refractivity (Wildman–Crippen MR) is 130 cm³/mol. The number of nitrogens with one attached hydrogen (secondary N) is 1.